The van der Waals surface area contributed by atoms with Gasteiger partial charge in [0.05, 0.1) is 12.3 Å². The minimum atomic E-state index is -0.300. The topological polar surface area (TPSA) is 84.6 Å². The summed E-state index contributed by atoms with van der Waals surface area (Å²) in [4.78, 5) is 12.2. The summed E-state index contributed by atoms with van der Waals surface area (Å²) in [6.07, 6.45) is 0.885. The van der Waals surface area contributed by atoms with Gasteiger partial charge in [0.1, 0.15) is 11.5 Å². The molecule has 0 fully saturated rings. The summed E-state index contributed by atoms with van der Waals surface area (Å²) in [5, 5.41) is 12.5. The van der Waals surface area contributed by atoms with Crippen molar-refractivity contribution >= 4 is 11.6 Å². The van der Waals surface area contributed by atoms with Gasteiger partial charge in [-0.3, -0.25) is 4.79 Å². The van der Waals surface area contributed by atoms with Crippen molar-refractivity contribution in [1.29, 1.82) is 0 Å². The van der Waals surface area contributed by atoms with E-state index < -0.39 is 0 Å². The number of carbonyl (C=O) groups excluding carboxylic acids is 1. The zero-order valence-electron chi connectivity index (χ0n) is 12.5. The van der Waals surface area contributed by atoms with Crippen LogP contribution in [0.3, 0.4) is 0 Å². The van der Waals surface area contributed by atoms with Gasteiger partial charge in [-0.15, -0.1) is 0 Å². The van der Waals surface area contributed by atoms with Crippen molar-refractivity contribution in [3.63, 3.8) is 0 Å². The van der Waals surface area contributed by atoms with Crippen molar-refractivity contribution < 1.29 is 14.6 Å². The number of ether oxygens (including phenoxy) is 1. The number of aromatic hydroxyl groups is 1. The van der Waals surface area contributed by atoms with E-state index in [2.05, 4.69) is 5.32 Å². The zero-order chi connectivity index (χ0) is 15.9. The maximum atomic E-state index is 12.2. The summed E-state index contributed by atoms with van der Waals surface area (Å²) < 4.78 is 5.49. The smallest absolute Gasteiger partial charge is 0.255 e. The highest BCUT2D eigenvalue weighted by molar-refractivity contribution is 6.05. The molecule has 0 spiro atoms. The van der Waals surface area contributed by atoms with Crippen LogP contribution in [0.2, 0.25) is 0 Å². The normalized spacial score (nSPS) is 10.3. The number of phenols is 1. The standard InChI is InChI=1S/C17H20N2O3/c1-2-9-22-14-7-8-16(20)15(10-14)19-17(21)13-5-3-12(11-18)4-6-13/h3-8,10,20H,2,9,11,18H2,1H3,(H,19,21). The van der Waals surface area contributed by atoms with Gasteiger partial charge >= 0.3 is 0 Å². The zero-order valence-corrected chi connectivity index (χ0v) is 12.5. The van der Waals surface area contributed by atoms with E-state index in [-0.39, 0.29) is 11.7 Å². The first kappa shape index (κ1) is 15.9. The molecule has 0 aromatic heterocycles. The van der Waals surface area contributed by atoms with Gasteiger partial charge in [-0.25, -0.2) is 0 Å². The van der Waals surface area contributed by atoms with Gasteiger partial charge in [-0.2, -0.15) is 0 Å². The second-order valence-electron chi connectivity index (χ2n) is 4.88. The van der Waals surface area contributed by atoms with Crippen LogP contribution in [0, 0.1) is 0 Å². The van der Waals surface area contributed by atoms with Crippen LogP contribution in [0.15, 0.2) is 42.5 Å². The van der Waals surface area contributed by atoms with Crippen LogP contribution in [-0.4, -0.2) is 17.6 Å². The average molecular weight is 300 g/mol. The number of anilines is 1. The molecule has 5 heteroatoms. The Morgan fingerprint density at radius 2 is 1.95 bits per heavy atom. The van der Waals surface area contributed by atoms with Crippen LogP contribution in [0.5, 0.6) is 11.5 Å². The molecule has 0 bridgehead atoms. The Hall–Kier alpha value is -2.53. The quantitative estimate of drug-likeness (QED) is 0.716. The lowest BCUT2D eigenvalue weighted by molar-refractivity contribution is 0.102. The van der Waals surface area contributed by atoms with Crippen molar-refractivity contribution in [3.05, 3.63) is 53.6 Å². The number of phenolic OH excluding ortho intramolecular Hbond substituents is 1. The molecule has 0 aliphatic rings. The number of hydrogen-bond acceptors (Lipinski definition) is 4. The average Bonchev–Trinajstić information content (AvgIpc) is 2.55. The Labute approximate surface area is 129 Å². The van der Waals surface area contributed by atoms with Gasteiger partial charge in [-0.1, -0.05) is 19.1 Å². The Morgan fingerprint density at radius 1 is 1.23 bits per heavy atom. The number of nitrogens with one attached hydrogen (secondary N) is 1. The van der Waals surface area contributed by atoms with E-state index in [0.717, 1.165) is 12.0 Å². The highest BCUT2D eigenvalue weighted by atomic mass is 16.5. The van der Waals surface area contributed by atoms with E-state index in [4.69, 9.17) is 10.5 Å². The molecule has 2 rings (SSSR count). The van der Waals surface area contributed by atoms with E-state index in [1.54, 1.807) is 36.4 Å². The lowest BCUT2D eigenvalue weighted by atomic mass is 10.1. The minimum absolute atomic E-state index is 0.00391. The second kappa shape index (κ2) is 7.47. The van der Waals surface area contributed by atoms with E-state index in [9.17, 15) is 9.90 Å². The monoisotopic (exact) mass is 300 g/mol. The highest BCUT2D eigenvalue weighted by Gasteiger charge is 2.10. The Balaban J connectivity index is 2.12. The lowest BCUT2D eigenvalue weighted by Gasteiger charge is -2.10. The molecule has 116 valence electrons. The third kappa shape index (κ3) is 3.99. The lowest BCUT2D eigenvalue weighted by Crippen LogP contribution is -2.12. The molecule has 22 heavy (non-hydrogen) atoms. The second-order valence-corrected chi connectivity index (χ2v) is 4.88. The van der Waals surface area contributed by atoms with Gasteiger partial charge < -0.3 is 20.9 Å². The molecule has 4 N–H and O–H groups in total. The molecule has 1 amide bonds. The van der Waals surface area contributed by atoms with E-state index in [0.29, 0.717) is 30.2 Å². The molecule has 2 aromatic rings. The molecule has 0 atom stereocenters. The first-order valence-corrected chi connectivity index (χ1v) is 7.20. The highest BCUT2D eigenvalue weighted by Crippen LogP contribution is 2.28. The molecule has 0 heterocycles. The summed E-state index contributed by atoms with van der Waals surface area (Å²) in [5.41, 5.74) is 7.30. The fourth-order valence-corrected chi connectivity index (χ4v) is 1.91. The minimum Gasteiger partial charge on any atom is -0.506 e. The Morgan fingerprint density at radius 3 is 2.59 bits per heavy atom. The number of nitrogens with two attached hydrogens (primary N) is 1. The van der Waals surface area contributed by atoms with Crippen LogP contribution in [0.1, 0.15) is 29.3 Å². The fraction of sp³-hybridized carbons (Fsp3) is 0.235. The third-order valence-electron chi connectivity index (χ3n) is 3.14. The molecular weight excluding hydrogens is 280 g/mol. The number of amides is 1. The number of benzene rings is 2. The van der Waals surface area contributed by atoms with Crippen LogP contribution in [0.25, 0.3) is 0 Å². The van der Waals surface area contributed by atoms with E-state index in [1.165, 1.54) is 6.07 Å². The molecular formula is C17H20N2O3. The maximum Gasteiger partial charge on any atom is 0.255 e. The molecule has 0 unspecified atom stereocenters. The van der Waals surface area contributed by atoms with Gasteiger partial charge in [0, 0.05) is 18.2 Å². The molecule has 0 aliphatic heterocycles. The Bertz CT molecular complexity index is 639. The SMILES string of the molecule is CCCOc1ccc(O)c(NC(=O)c2ccc(CN)cc2)c1. The van der Waals surface area contributed by atoms with Crippen molar-refractivity contribution in [2.24, 2.45) is 5.73 Å². The molecule has 0 saturated heterocycles. The number of hydrogen-bond donors (Lipinski definition) is 3. The fourth-order valence-electron chi connectivity index (χ4n) is 1.91. The van der Waals surface area contributed by atoms with Crippen molar-refractivity contribution in [2.75, 3.05) is 11.9 Å². The molecule has 5 nitrogen and oxygen atoms in total. The summed E-state index contributed by atoms with van der Waals surface area (Å²) >= 11 is 0. The predicted octanol–water partition coefficient (Wildman–Crippen LogP) is 2.89. The van der Waals surface area contributed by atoms with Gasteiger partial charge in [0.2, 0.25) is 0 Å². The van der Waals surface area contributed by atoms with Gasteiger partial charge in [0.25, 0.3) is 5.91 Å². The van der Waals surface area contributed by atoms with Crippen LogP contribution in [0.4, 0.5) is 5.69 Å². The summed E-state index contributed by atoms with van der Waals surface area (Å²) in [7, 11) is 0. The van der Waals surface area contributed by atoms with Gasteiger partial charge in [0.15, 0.2) is 0 Å². The molecule has 2 aromatic carbocycles. The summed E-state index contributed by atoms with van der Waals surface area (Å²) in [6, 6.07) is 11.8. The largest absolute Gasteiger partial charge is 0.506 e. The summed E-state index contributed by atoms with van der Waals surface area (Å²) in [6.45, 7) is 3.02. The van der Waals surface area contributed by atoms with Crippen LogP contribution in [-0.2, 0) is 6.54 Å². The van der Waals surface area contributed by atoms with E-state index in [1.807, 2.05) is 6.92 Å². The Kier molecular flexibility index (Phi) is 5.38. The molecule has 0 radical (unpaired) electrons. The van der Waals surface area contributed by atoms with E-state index >= 15 is 0 Å². The number of carbonyl (C=O) groups is 1. The summed E-state index contributed by atoms with van der Waals surface area (Å²) in [5.74, 6) is 0.302. The number of rotatable bonds is 6. The van der Waals surface area contributed by atoms with Gasteiger partial charge in [-0.05, 0) is 36.2 Å². The van der Waals surface area contributed by atoms with Crippen LogP contribution < -0.4 is 15.8 Å². The molecule has 0 saturated carbocycles. The first-order valence-electron chi connectivity index (χ1n) is 7.20. The molecule has 0 aliphatic carbocycles. The van der Waals surface area contributed by atoms with Crippen LogP contribution >= 0.6 is 0 Å². The maximum absolute atomic E-state index is 12.2. The van der Waals surface area contributed by atoms with Crippen molar-refractivity contribution in [1.82, 2.24) is 0 Å². The predicted molar refractivity (Wildman–Crippen MR) is 86.2 cm³/mol. The van der Waals surface area contributed by atoms with Crippen molar-refractivity contribution in [2.45, 2.75) is 19.9 Å². The first-order chi connectivity index (χ1) is 10.6. The van der Waals surface area contributed by atoms with Crippen molar-refractivity contribution in [3.8, 4) is 11.5 Å². The third-order valence-corrected chi connectivity index (χ3v) is 3.14.